The largest absolute Gasteiger partial charge is 0.456 e. The minimum absolute atomic E-state index is 0.170. The molecule has 0 radical (unpaired) electrons. The number of hydrogen-bond acceptors (Lipinski definition) is 4. The molecule has 0 aliphatic heterocycles. The van der Waals surface area contributed by atoms with Gasteiger partial charge in [-0.2, -0.15) is 0 Å². The summed E-state index contributed by atoms with van der Waals surface area (Å²) in [4.78, 5) is 24.7. The van der Waals surface area contributed by atoms with Crippen LogP contribution in [0.2, 0.25) is 0 Å². The van der Waals surface area contributed by atoms with Crippen molar-refractivity contribution < 1.29 is 19.1 Å². The molecule has 0 aromatic heterocycles. The molecule has 4 saturated carbocycles. The summed E-state index contributed by atoms with van der Waals surface area (Å²) in [5.74, 6) is 0.975. The molecule has 0 heterocycles. The van der Waals surface area contributed by atoms with Crippen LogP contribution >= 0.6 is 0 Å². The summed E-state index contributed by atoms with van der Waals surface area (Å²) < 4.78 is 11.5. The topological polar surface area (TPSA) is 52.6 Å². The number of rotatable bonds is 10. The van der Waals surface area contributed by atoms with E-state index in [1.807, 2.05) is 13.8 Å². The van der Waals surface area contributed by atoms with E-state index in [2.05, 4.69) is 13.8 Å². The van der Waals surface area contributed by atoms with Gasteiger partial charge in [-0.3, -0.25) is 4.79 Å². The highest BCUT2D eigenvalue weighted by Gasteiger charge is 2.62. The molecule has 3 unspecified atom stereocenters. The molecule has 4 aliphatic carbocycles. The van der Waals surface area contributed by atoms with E-state index in [-0.39, 0.29) is 30.1 Å². The van der Waals surface area contributed by atoms with Crippen molar-refractivity contribution in [3.05, 3.63) is 0 Å². The summed E-state index contributed by atoms with van der Waals surface area (Å²) in [5.41, 5.74) is 0.128. The van der Waals surface area contributed by atoms with E-state index in [1.165, 1.54) is 51.4 Å². The predicted octanol–water partition coefficient (Wildman–Crippen LogP) is 5.67. The lowest BCUT2D eigenvalue weighted by molar-refractivity contribution is -0.228. The monoisotopic (exact) mass is 392 g/mol. The average Bonchev–Trinajstić information content (AvgIpc) is 2.65. The summed E-state index contributed by atoms with van der Waals surface area (Å²) in [5, 5.41) is 0. The van der Waals surface area contributed by atoms with Gasteiger partial charge in [-0.25, -0.2) is 4.79 Å². The van der Waals surface area contributed by atoms with Crippen molar-refractivity contribution in [2.75, 3.05) is 6.61 Å². The van der Waals surface area contributed by atoms with E-state index in [0.29, 0.717) is 17.3 Å². The highest BCUT2D eigenvalue weighted by molar-refractivity contribution is 5.77. The molecule has 4 heteroatoms. The first-order chi connectivity index (χ1) is 13.3. The SMILES string of the molecule is CCCCCCC1(OC(=O)COC(=O)C(C)CC)C2CC3CC1CC(C)(C3)C2. The van der Waals surface area contributed by atoms with Crippen LogP contribution in [0, 0.1) is 29.1 Å². The third kappa shape index (κ3) is 4.41. The van der Waals surface area contributed by atoms with Crippen LogP contribution in [0.4, 0.5) is 0 Å². The van der Waals surface area contributed by atoms with Crippen molar-refractivity contribution in [2.45, 2.75) is 104 Å². The maximum Gasteiger partial charge on any atom is 0.344 e. The van der Waals surface area contributed by atoms with Crippen molar-refractivity contribution >= 4 is 11.9 Å². The molecule has 0 aromatic carbocycles. The molecule has 3 atom stereocenters. The summed E-state index contributed by atoms with van der Waals surface area (Å²) in [6.07, 6.45) is 12.6. The Morgan fingerprint density at radius 3 is 2.29 bits per heavy atom. The first kappa shape index (κ1) is 21.6. The molecule has 4 nitrogen and oxygen atoms in total. The second kappa shape index (κ2) is 8.75. The number of esters is 2. The van der Waals surface area contributed by atoms with Gasteiger partial charge in [-0.05, 0) is 74.5 Å². The Morgan fingerprint density at radius 1 is 1.04 bits per heavy atom. The molecule has 0 aromatic rings. The van der Waals surface area contributed by atoms with Gasteiger partial charge in [0.2, 0.25) is 0 Å². The normalized spacial score (nSPS) is 36.9. The minimum atomic E-state index is -0.343. The van der Waals surface area contributed by atoms with Crippen molar-refractivity contribution in [1.82, 2.24) is 0 Å². The van der Waals surface area contributed by atoms with E-state index < -0.39 is 0 Å². The summed E-state index contributed by atoms with van der Waals surface area (Å²) in [6.45, 7) is 8.21. The zero-order valence-corrected chi connectivity index (χ0v) is 18.4. The van der Waals surface area contributed by atoms with E-state index in [1.54, 1.807) is 0 Å². The summed E-state index contributed by atoms with van der Waals surface area (Å²) in [7, 11) is 0. The highest BCUT2D eigenvalue weighted by Crippen LogP contribution is 2.65. The predicted molar refractivity (Wildman–Crippen MR) is 110 cm³/mol. The Balaban J connectivity index is 1.67. The van der Waals surface area contributed by atoms with E-state index in [0.717, 1.165) is 25.2 Å². The standard InChI is InChI=1S/C24H40O4/c1-5-7-8-9-10-24(28-21(25)16-27-22(26)17(3)6-2)19-11-18-12-20(24)15-23(4,13-18)14-19/h17-20H,5-16H2,1-4H3. The molecule has 0 N–H and O–H groups in total. The van der Waals surface area contributed by atoms with Crippen LogP contribution in [-0.4, -0.2) is 24.1 Å². The summed E-state index contributed by atoms with van der Waals surface area (Å²) in [6, 6.07) is 0. The maximum atomic E-state index is 12.7. The molecule has 160 valence electrons. The lowest BCUT2D eigenvalue weighted by Crippen LogP contribution is -2.62. The number of unbranched alkanes of at least 4 members (excludes halogenated alkanes) is 3. The van der Waals surface area contributed by atoms with Gasteiger partial charge in [-0.1, -0.05) is 47.0 Å². The van der Waals surface area contributed by atoms with Crippen molar-refractivity contribution in [3.8, 4) is 0 Å². The molecule has 4 rings (SSSR count). The van der Waals surface area contributed by atoms with E-state index in [4.69, 9.17) is 9.47 Å². The van der Waals surface area contributed by atoms with Crippen LogP contribution in [-0.2, 0) is 19.1 Å². The van der Waals surface area contributed by atoms with Gasteiger partial charge in [-0.15, -0.1) is 0 Å². The van der Waals surface area contributed by atoms with Crippen LogP contribution < -0.4 is 0 Å². The third-order valence-corrected chi connectivity index (χ3v) is 7.95. The zero-order chi connectivity index (χ0) is 20.4. The lowest BCUT2D eigenvalue weighted by Gasteiger charge is -2.64. The number of carbonyl (C=O) groups is 2. The zero-order valence-electron chi connectivity index (χ0n) is 18.4. The first-order valence-corrected chi connectivity index (χ1v) is 11.7. The Labute approximate surface area is 171 Å². The quantitative estimate of drug-likeness (QED) is 0.355. The fraction of sp³-hybridized carbons (Fsp3) is 0.917. The number of ether oxygens (including phenoxy) is 2. The van der Waals surface area contributed by atoms with Crippen molar-refractivity contribution in [1.29, 1.82) is 0 Å². The average molecular weight is 393 g/mol. The third-order valence-electron chi connectivity index (χ3n) is 7.95. The van der Waals surface area contributed by atoms with Gasteiger partial charge >= 0.3 is 11.9 Å². The molecule has 28 heavy (non-hydrogen) atoms. The van der Waals surface area contributed by atoms with Crippen molar-refractivity contribution in [2.24, 2.45) is 29.1 Å². The summed E-state index contributed by atoms with van der Waals surface area (Å²) >= 11 is 0. The molecule has 0 amide bonds. The van der Waals surface area contributed by atoms with E-state index in [9.17, 15) is 9.59 Å². The van der Waals surface area contributed by atoms with Gasteiger partial charge in [0.1, 0.15) is 5.60 Å². The molecular formula is C24H40O4. The van der Waals surface area contributed by atoms with Crippen LogP contribution in [0.3, 0.4) is 0 Å². The molecular weight excluding hydrogens is 352 g/mol. The second-order valence-electron chi connectivity index (χ2n) is 10.3. The highest BCUT2D eigenvalue weighted by atomic mass is 16.6. The molecule has 0 saturated heterocycles. The maximum absolute atomic E-state index is 12.7. The molecule has 4 fully saturated rings. The number of carbonyl (C=O) groups excluding carboxylic acids is 2. The van der Waals surface area contributed by atoms with Gasteiger partial charge in [0, 0.05) is 0 Å². The van der Waals surface area contributed by atoms with Gasteiger partial charge < -0.3 is 9.47 Å². The smallest absolute Gasteiger partial charge is 0.344 e. The molecule has 0 spiro atoms. The van der Waals surface area contributed by atoms with Crippen LogP contribution in [0.1, 0.15) is 98.3 Å². The Hall–Kier alpha value is -1.06. The Kier molecular flexibility index (Phi) is 6.76. The van der Waals surface area contributed by atoms with Crippen LogP contribution in [0.5, 0.6) is 0 Å². The lowest BCUT2D eigenvalue weighted by atomic mass is 9.44. The first-order valence-electron chi connectivity index (χ1n) is 11.7. The van der Waals surface area contributed by atoms with Gasteiger partial charge in [0.25, 0.3) is 0 Å². The Morgan fingerprint density at radius 2 is 1.71 bits per heavy atom. The van der Waals surface area contributed by atoms with Gasteiger partial charge in [0.05, 0.1) is 5.92 Å². The van der Waals surface area contributed by atoms with Gasteiger partial charge in [0.15, 0.2) is 6.61 Å². The Bertz CT molecular complexity index is 553. The molecule has 4 aliphatic rings. The fourth-order valence-corrected chi connectivity index (χ4v) is 6.58. The van der Waals surface area contributed by atoms with E-state index >= 15 is 0 Å². The fourth-order valence-electron chi connectivity index (χ4n) is 6.58. The number of hydrogen-bond donors (Lipinski definition) is 0. The van der Waals surface area contributed by atoms with Crippen LogP contribution in [0.25, 0.3) is 0 Å². The van der Waals surface area contributed by atoms with Crippen molar-refractivity contribution in [3.63, 3.8) is 0 Å². The second-order valence-corrected chi connectivity index (χ2v) is 10.3. The minimum Gasteiger partial charge on any atom is -0.456 e. The molecule has 4 bridgehead atoms. The van der Waals surface area contributed by atoms with Crippen LogP contribution in [0.15, 0.2) is 0 Å².